The maximum Gasteiger partial charge on any atom is 0.109 e. The summed E-state index contributed by atoms with van der Waals surface area (Å²) in [6.07, 6.45) is -5.12. The van der Waals surface area contributed by atoms with Crippen LogP contribution in [0.2, 0.25) is 0 Å². The molecule has 0 aromatic carbocycles. The Morgan fingerprint density at radius 1 is 0.625 bits per heavy atom. The highest BCUT2D eigenvalue weighted by Gasteiger charge is 2.30. The Morgan fingerprint density at radius 3 is 0.938 bits per heavy atom. The van der Waals surface area contributed by atoms with E-state index in [0.29, 0.717) is 0 Å². The van der Waals surface area contributed by atoms with Gasteiger partial charge in [-0.25, -0.2) is 0 Å². The summed E-state index contributed by atoms with van der Waals surface area (Å²) in [5.74, 6) is 0. The SMILES string of the molecule is CC(O)C(OC(C(C)O)C(C)O)C(C)O.N. The van der Waals surface area contributed by atoms with Gasteiger partial charge < -0.3 is 31.3 Å². The van der Waals surface area contributed by atoms with E-state index in [4.69, 9.17) is 4.74 Å². The zero-order chi connectivity index (χ0) is 12.2. The molecule has 7 N–H and O–H groups in total. The molecule has 16 heavy (non-hydrogen) atoms. The van der Waals surface area contributed by atoms with Crippen molar-refractivity contribution in [3.8, 4) is 0 Å². The highest BCUT2D eigenvalue weighted by atomic mass is 16.5. The molecule has 0 aromatic rings. The van der Waals surface area contributed by atoms with Crippen LogP contribution in [0.3, 0.4) is 0 Å². The Bertz CT molecular complexity index is 139. The first-order valence-electron chi connectivity index (χ1n) is 5.15. The average molecular weight is 239 g/mol. The molecule has 4 unspecified atom stereocenters. The molecule has 0 aliphatic heterocycles. The number of ether oxygens (including phenoxy) is 1. The second-order valence-corrected chi connectivity index (χ2v) is 4.03. The van der Waals surface area contributed by atoms with E-state index in [0.717, 1.165) is 0 Å². The molecule has 0 radical (unpaired) electrons. The zero-order valence-corrected chi connectivity index (χ0v) is 10.4. The second kappa shape index (κ2) is 7.94. The maximum atomic E-state index is 9.35. The van der Waals surface area contributed by atoms with Crippen molar-refractivity contribution in [1.82, 2.24) is 6.15 Å². The molecule has 6 heteroatoms. The van der Waals surface area contributed by atoms with Crippen molar-refractivity contribution in [2.75, 3.05) is 0 Å². The first kappa shape index (κ1) is 18.1. The molecule has 0 heterocycles. The van der Waals surface area contributed by atoms with E-state index in [1.54, 1.807) is 0 Å². The maximum absolute atomic E-state index is 9.35. The topological polar surface area (TPSA) is 125 Å². The third kappa shape index (κ3) is 5.74. The van der Waals surface area contributed by atoms with Crippen LogP contribution in [0.25, 0.3) is 0 Å². The van der Waals surface area contributed by atoms with E-state index in [1.807, 2.05) is 0 Å². The molecule has 6 nitrogen and oxygen atoms in total. The smallest absolute Gasteiger partial charge is 0.109 e. The molecule has 0 aliphatic rings. The first-order chi connectivity index (χ1) is 6.77. The summed E-state index contributed by atoms with van der Waals surface area (Å²) >= 11 is 0. The number of aliphatic hydroxyl groups excluding tert-OH is 4. The van der Waals surface area contributed by atoms with Gasteiger partial charge in [-0.15, -0.1) is 0 Å². The Kier molecular flexibility index (Phi) is 9.00. The monoisotopic (exact) mass is 239 g/mol. The Morgan fingerprint density at radius 2 is 0.812 bits per heavy atom. The number of aliphatic hydroxyl groups is 4. The fourth-order valence-electron chi connectivity index (χ4n) is 1.44. The lowest BCUT2D eigenvalue weighted by molar-refractivity contribution is -0.171. The molecule has 0 spiro atoms. The van der Waals surface area contributed by atoms with Crippen molar-refractivity contribution in [2.45, 2.75) is 64.3 Å². The Labute approximate surface area is 96.4 Å². The average Bonchev–Trinajstić information content (AvgIpc) is 2.01. The van der Waals surface area contributed by atoms with Gasteiger partial charge in [0.2, 0.25) is 0 Å². The van der Waals surface area contributed by atoms with E-state index in [-0.39, 0.29) is 6.15 Å². The molecule has 0 bridgehead atoms. The predicted octanol–water partition coefficient (Wildman–Crippen LogP) is -0.575. The molecule has 4 atom stereocenters. The highest BCUT2D eigenvalue weighted by Crippen LogP contribution is 2.13. The van der Waals surface area contributed by atoms with Crippen molar-refractivity contribution in [3.63, 3.8) is 0 Å². The van der Waals surface area contributed by atoms with Crippen molar-refractivity contribution < 1.29 is 25.2 Å². The number of hydrogen-bond acceptors (Lipinski definition) is 6. The van der Waals surface area contributed by atoms with Crippen LogP contribution in [0.4, 0.5) is 0 Å². The van der Waals surface area contributed by atoms with Crippen LogP contribution in [0.1, 0.15) is 27.7 Å². The van der Waals surface area contributed by atoms with Crippen LogP contribution in [-0.2, 0) is 4.74 Å². The van der Waals surface area contributed by atoms with Gasteiger partial charge in [-0.3, -0.25) is 0 Å². The van der Waals surface area contributed by atoms with Crippen molar-refractivity contribution in [1.29, 1.82) is 0 Å². The van der Waals surface area contributed by atoms with Crippen molar-refractivity contribution >= 4 is 0 Å². The van der Waals surface area contributed by atoms with Crippen LogP contribution in [0.5, 0.6) is 0 Å². The number of hydrogen-bond donors (Lipinski definition) is 5. The van der Waals surface area contributed by atoms with Gasteiger partial charge in [0, 0.05) is 0 Å². The quantitative estimate of drug-likeness (QED) is 0.422. The number of rotatable bonds is 6. The second-order valence-electron chi connectivity index (χ2n) is 4.03. The molecule has 0 aliphatic carbocycles. The largest absolute Gasteiger partial charge is 0.391 e. The van der Waals surface area contributed by atoms with Gasteiger partial charge in [0.15, 0.2) is 0 Å². The normalized spacial score (nSPS) is 22.5. The summed E-state index contributed by atoms with van der Waals surface area (Å²) in [6.45, 7) is 5.94. The van der Waals surface area contributed by atoms with Gasteiger partial charge in [-0.1, -0.05) is 0 Å². The van der Waals surface area contributed by atoms with Gasteiger partial charge >= 0.3 is 0 Å². The minimum Gasteiger partial charge on any atom is -0.391 e. The molecule has 0 saturated heterocycles. The Balaban J connectivity index is 0. The molecule has 100 valence electrons. The van der Waals surface area contributed by atoms with Gasteiger partial charge in [-0.2, -0.15) is 0 Å². The summed E-state index contributed by atoms with van der Waals surface area (Å²) in [6, 6.07) is 0. The lowest BCUT2D eigenvalue weighted by Crippen LogP contribution is -2.46. The molecule has 0 rings (SSSR count). The molecule has 0 saturated carbocycles. The summed E-state index contributed by atoms with van der Waals surface area (Å²) in [5.41, 5.74) is 0. The van der Waals surface area contributed by atoms with Crippen molar-refractivity contribution in [2.24, 2.45) is 0 Å². The van der Waals surface area contributed by atoms with E-state index in [2.05, 4.69) is 0 Å². The van der Waals surface area contributed by atoms with Crippen molar-refractivity contribution in [3.05, 3.63) is 0 Å². The third-order valence-corrected chi connectivity index (χ3v) is 2.22. The van der Waals surface area contributed by atoms with E-state index in [9.17, 15) is 20.4 Å². The minimum atomic E-state index is -0.870. The van der Waals surface area contributed by atoms with Crippen LogP contribution < -0.4 is 6.15 Å². The standard InChI is InChI=1S/C10H22O5.H3N/c1-5(11)9(6(2)12)15-10(7(3)13)8(4)14;/h5-14H,1-4H3;1H3. The third-order valence-electron chi connectivity index (χ3n) is 2.22. The van der Waals surface area contributed by atoms with Gasteiger partial charge in [0.05, 0.1) is 24.4 Å². The fraction of sp³-hybridized carbons (Fsp3) is 1.00. The molecule has 0 fully saturated rings. The van der Waals surface area contributed by atoms with Crippen LogP contribution in [0, 0.1) is 0 Å². The summed E-state index contributed by atoms with van der Waals surface area (Å²) < 4.78 is 5.30. The minimum absolute atomic E-state index is 0. The van der Waals surface area contributed by atoms with Crippen LogP contribution in [0.15, 0.2) is 0 Å². The predicted molar refractivity (Wildman–Crippen MR) is 60.4 cm³/mol. The van der Waals surface area contributed by atoms with Gasteiger partial charge in [-0.05, 0) is 27.7 Å². The zero-order valence-electron chi connectivity index (χ0n) is 10.4. The first-order valence-corrected chi connectivity index (χ1v) is 5.15. The van der Waals surface area contributed by atoms with Gasteiger partial charge in [0.1, 0.15) is 12.2 Å². The molecular formula is C10H25NO5. The van der Waals surface area contributed by atoms with Gasteiger partial charge in [0.25, 0.3) is 0 Å². The lowest BCUT2D eigenvalue weighted by atomic mass is 10.1. The molecule has 0 aromatic heterocycles. The molecule has 0 amide bonds. The fourth-order valence-corrected chi connectivity index (χ4v) is 1.44. The summed E-state index contributed by atoms with van der Waals surface area (Å²) in [4.78, 5) is 0. The summed E-state index contributed by atoms with van der Waals surface area (Å²) in [7, 11) is 0. The lowest BCUT2D eigenvalue weighted by Gasteiger charge is -2.31. The summed E-state index contributed by atoms with van der Waals surface area (Å²) in [5, 5.41) is 37.4. The molecular weight excluding hydrogens is 214 g/mol. The van der Waals surface area contributed by atoms with E-state index < -0.39 is 36.6 Å². The van der Waals surface area contributed by atoms with Crippen LogP contribution in [-0.4, -0.2) is 57.0 Å². The van der Waals surface area contributed by atoms with Crippen LogP contribution >= 0.6 is 0 Å². The van der Waals surface area contributed by atoms with E-state index >= 15 is 0 Å². The highest BCUT2D eigenvalue weighted by molar-refractivity contribution is 4.77. The Hall–Kier alpha value is -0.240. The van der Waals surface area contributed by atoms with E-state index in [1.165, 1.54) is 27.7 Å².